The van der Waals surface area contributed by atoms with E-state index < -0.39 is 25.6 Å². The van der Waals surface area contributed by atoms with Crippen LogP contribution in [0.1, 0.15) is 40.0 Å². The van der Waals surface area contributed by atoms with Crippen molar-refractivity contribution in [3.63, 3.8) is 0 Å². The van der Waals surface area contributed by atoms with Crippen LogP contribution in [0.4, 0.5) is 0 Å². The van der Waals surface area contributed by atoms with Gasteiger partial charge in [-0.25, -0.2) is 0 Å². The average Bonchev–Trinajstić information content (AvgIpc) is 2.56. The van der Waals surface area contributed by atoms with Gasteiger partial charge >= 0.3 is 19.5 Å². The third-order valence-electron chi connectivity index (χ3n) is 2.69. The third-order valence-corrected chi connectivity index (χ3v) is 3.91. The zero-order valence-corrected chi connectivity index (χ0v) is 15.4. The Kier molecular flexibility index (Phi) is 11.3. The Morgan fingerprint density at radius 1 is 0.958 bits per heavy atom. The van der Waals surface area contributed by atoms with E-state index in [-0.39, 0.29) is 45.1 Å². The molecule has 0 saturated carbocycles. The van der Waals surface area contributed by atoms with E-state index in [1.54, 1.807) is 20.8 Å². The summed E-state index contributed by atoms with van der Waals surface area (Å²) < 4.78 is 32.2. The molecule has 0 aromatic heterocycles. The van der Waals surface area contributed by atoms with Crippen molar-refractivity contribution in [2.45, 2.75) is 46.1 Å². The smallest absolute Gasteiger partial charge is 0.329 e. The number of ether oxygens (including phenoxy) is 2. The Bertz CT molecular complexity index is 468. The SMILES string of the molecule is CCC(=O)NCOP(C)(=O)OCC(COC(=O)CC)OC(=O)CC. The molecule has 0 aromatic carbocycles. The van der Waals surface area contributed by atoms with Crippen LogP contribution in [0.5, 0.6) is 0 Å². The van der Waals surface area contributed by atoms with Crippen molar-refractivity contribution in [3.8, 4) is 0 Å². The highest BCUT2D eigenvalue weighted by Crippen LogP contribution is 2.43. The maximum atomic E-state index is 12.1. The zero-order valence-electron chi connectivity index (χ0n) is 14.5. The number of carbonyl (C=O) groups is 3. The first-order chi connectivity index (χ1) is 11.2. The Balaban J connectivity index is 4.43. The van der Waals surface area contributed by atoms with E-state index in [1.165, 1.54) is 6.66 Å². The van der Waals surface area contributed by atoms with E-state index in [4.69, 9.17) is 18.5 Å². The van der Waals surface area contributed by atoms with Gasteiger partial charge in [0.15, 0.2) is 6.10 Å². The first-order valence-electron chi connectivity index (χ1n) is 7.72. The number of nitrogens with one attached hydrogen (secondary N) is 1. The Morgan fingerprint density at radius 2 is 1.58 bits per heavy atom. The minimum absolute atomic E-state index is 0.140. The summed E-state index contributed by atoms with van der Waals surface area (Å²) in [6.07, 6.45) is -0.297. The molecule has 1 amide bonds. The lowest BCUT2D eigenvalue weighted by Gasteiger charge is -2.20. The van der Waals surface area contributed by atoms with E-state index in [0.717, 1.165) is 0 Å². The first kappa shape index (κ1) is 22.6. The summed E-state index contributed by atoms with van der Waals surface area (Å²) in [5.41, 5.74) is 0. The second-order valence-electron chi connectivity index (χ2n) is 4.80. The number of esters is 2. The third kappa shape index (κ3) is 11.2. The molecule has 2 unspecified atom stereocenters. The molecule has 0 rings (SSSR count). The van der Waals surface area contributed by atoms with E-state index in [1.807, 2.05) is 0 Å². The van der Waals surface area contributed by atoms with Gasteiger partial charge in [0.2, 0.25) is 5.91 Å². The van der Waals surface area contributed by atoms with E-state index in [0.29, 0.717) is 0 Å². The van der Waals surface area contributed by atoms with E-state index >= 15 is 0 Å². The van der Waals surface area contributed by atoms with Crippen molar-refractivity contribution in [2.24, 2.45) is 0 Å². The van der Waals surface area contributed by atoms with Gasteiger partial charge in [0.1, 0.15) is 13.3 Å². The summed E-state index contributed by atoms with van der Waals surface area (Å²) in [5.74, 6) is -1.21. The van der Waals surface area contributed by atoms with Crippen LogP contribution in [0.15, 0.2) is 0 Å². The predicted octanol–water partition coefficient (Wildman–Crippen LogP) is 1.60. The van der Waals surface area contributed by atoms with Gasteiger partial charge in [0, 0.05) is 25.9 Å². The van der Waals surface area contributed by atoms with Crippen LogP contribution in [-0.2, 0) is 37.5 Å². The fourth-order valence-corrected chi connectivity index (χ4v) is 2.09. The van der Waals surface area contributed by atoms with Crippen LogP contribution < -0.4 is 5.32 Å². The molecule has 9 nitrogen and oxygen atoms in total. The molecule has 0 heterocycles. The van der Waals surface area contributed by atoms with Crippen LogP contribution in [0.2, 0.25) is 0 Å². The van der Waals surface area contributed by atoms with Crippen molar-refractivity contribution in [1.29, 1.82) is 0 Å². The van der Waals surface area contributed by atoms with Crippen molar-refractivity contribution >= 4 is 25.4 Å². The molecule has 0 spiro atoms. The largest absolute Gasteiger partial charge is 0.462 e. The summed E-state index contributed by atoms with van der Waals surface area (Å²) in [7, 11) is -3.47. The lowest BCUT2D eigenvalue weighted by atomic mass is 10.4. The zero-order chi connectivity index (χ0) is 18.6. The van der Waals surface area contributed by atoms with Gasteiger partial charge in [-0.3, -0.25) is 23.5 Å². The van der Waals surface area contributed by atoms with Crippen LogP contribution in [0.25, 0.3) is 0 Å². The normalized spacial score (nSPS) is 14.3. The lowest BCUT2D eigenvalue weighted by molar-refractivity contribution is -0.160. The molecule has 24 heavy (non-hydrogen) atoms. The number of hydrogen-bond acceptors (Lipinski definition) is 8. The van der Waals surface area contributed by atoms with Gasteiger partial charge < -0.3 is 19.3 Å². The van der Waals surface area contributed by atoms with Crippen LogP contribution >= 0.6 is 7.60 Å². The summed E-state index contributed by atoms with van der Waals surface area (Å²) in [6.45, 7) is 5.41. The van der Waals surface area contributed by atoms with Gasteiger partial charge in [0.25, 0.3) is 0 Å². The van der Waals surface area contributed by atoms with Crippen molar-refractivity contribution in [2.75, 3.05) is 26.6 Å². The number of hydrogen-bond donors (Lipinski definition) is 1. The summed E-state index contributed by atoms with van der Waals surface area (Å²) in [5, 5.41) is 2.40. The minimum Gasteiger partial charge on any atom is -0.462 e. The van der Waals surface area contributed by atoms with Crippen LogP contribution in [0, 0.1) is 0 Å². The summed E-state index contributed by atoms with van der Waals surface area (Å²) in [4.78, 5) is 33.6. The second kappa shape index (κ2) is 12.0. The first-order valence-corrected chi connectivity index (χ1v) is 9.71. The lowest BCUT2D eigenvalue weighted by Crippen LogP contribution is -2.29. The summed E-state index contributed by atoms with van der Waals surface area (Å²) in [6, 6.07) is 0. The van der Waals surface area contributed by atoms with Gasteiger partial charge in [-0.1, -0.05) is 20.8 Å². The minimum atomic E-state index is -3.47. The van der Waals surface area contributed by atoms with Gasteiger partial charge in [0.05, 0.1) is 6.61 Å². The van der Waals surface area contributed by atoms with E-state index in [2.05, 4.69) is 5.32 Å². The average molecular weight is 367 g/mol. The van der Waals surface area contributed by atoms with Crippen molar-refractivity contribution < 1.29 is 37.5 Å². The molecule has 0 saturated heterocycles. The fourth-order valence-electron chi connectivity index (χ4n) is 1.28. The highest BCUT2D eigenvalue weighted by molar-refractivity contribution is 7.52. The highest BCUT2D eigenvalue weighted by atomic mass is 31.2. The molecule has 0 aliphatic rings. The maximum Gasteiger partial charge on any atom is 0.329 e. The van der Waals surface area contributed by atoms with E-state index in [9.17, 15) is 18.9 Å². The Hall–Kier alpha value is -1.44. The van der Waals surface area contributed by atoms with Crippen LogP contribution in [-0.4, -0.2) is 50.6 Å². The molecule has 140 valence electrons. The quantitative estimate of drug-likeness (QED) is 0.314. The van der Waals surface area contributed by atoms with Gasteiger partial charge in [-0.15, -0.1) is 0 Å². The predicted molar refractivity (Wildman–Crippen MR) is 85.3 cm³/mol. The van der Waals surface area contributed by atoms with Crippen molar-refractivity contribution in [1.82, 2.24) is 5.32 Å². The molecule has 0 aliphatic carbocycles. The topological polar surface area (TPSA) is 117 Å². The fraction of sp³-hybridized carbons (Fsp3) is 0.786. The molecule has 10 heteroatoms. The molecular weight excluding hydrogens is 341 g/mol. The number of carbonyl (C=O) groups excluding carboxylic acids is 3. The summed E-state index contributed by atoms with van der Waals surface area (Å²) >= 11 is 0. The van der Waals surface area contributed by atoms with Gasteiger partial charge in [-0.2, -0.15) is 0 Å². The molecule has 2 atom stereocenters. The second-order valence-corrected chi connectivity index (χ2v) is 6.86. The Morgan fingerprint density at radius 3 is 2.12 bits per heavy atom. The monoisotopic (exact) mass is 367 g/mol. The molecule has 0 aliphatic heterocycles. The standard InChI is InChI=1S/C14H26NO8P/c1-5-12(16)15-10-22-24(4,19)21-9-11(23-14(18)7-3)8-20-13(17)6-2/h11H,5-10H2,1-4H3,(H,15,16). The highest BCUT2D eigenvalue weighted by Gasteiger charge is 2.23. The molecular formula is C14H26NO8P. The molecule has 0 bridgehead atoms. The molecule has 1 N–H and O–H groups in total. The number of amides is 1. The molecule has 0 radical (unpaired) electrons. The van der Waals surface area contributed by atoms with Crippen LogP contribution in [0.3, 0.4) is 0 Å². The maximum absolute atomic E-state index is 12.1. The Labute approximate surface area is 141 Å². The van der Waals surface area contributed by atoms with Crippen molar-refractivity contribution in [3.05, 3.63) is 0 Å². The molecule has 0 aromatic rings. The number of rotatable bonds is 12. The molecule has 0 fully saturated rings. The van der Waals surface area contributed by atoms with Gasteiger partial charge in [-0.05, 0) is 0 Å².